The highest BCUT2D eigenvalue weighted by molar-refractivity contribution is 5.30. The SMILES string of the molecule is CC1[C@@H](O)C(O)C[C@@H](Oc2ccc(O)cc2)C1(F)F. The van der Waals surface area contributed by atoms with Gasteiger partial charge in [0.15, 0.2) is 6.10 Å². The number of benzene rings is 1. The molecule has 106 valence electrons. The molecule has 4 nitrogen and oxygen atoms in total. The Morgan fingerprint density at radius 3 is 2.37 bits per heavy atom. The van der Waals surface area contributed by atoms with Crippen molar-refractivity contribution in [2.45, 2.75) is 37.6 Å². The fourth-order valence-corrected chi connectivity index (χ4v) is 2.19. The number of hydrogen-bond donors (Lipinski definition) is 3. The largest absolute Gasteiger partial charge is 0.508 e. The second-order valence-corrected chi connectivity index (χ2v) is 4.86. The molecule has 1 aromatic rings. The molecular formula is C13H16F2O4. The highest BCUT2D eigenvalue weighted by Crippen LogP contribution is 2.40. The first kappa shape index (κ1) is 14.0. The highest BCUT2D eigenvalue weighted by atomic mass is 19.3. The van der Waals surface area contributed by atoms with Crippen LogP contribution in [0.15, 0.2) is 24.3 Å². The third-order valence-corrected chi connectivity index (χ3v) is 3.51. The fraction of sp³-hybridized carbons (Fsp3) is 0.538. The molecule has 2 unspecified atom stereocenters. The number of halogens is 2. The molecule has 0 aliphatic heterocycles. The zero-order valence-electron chi connectivity index (χ0n) is 10.3. The summed E-state index contributed by atoms with van der Waals surface area (Å²) in [5.74, 6) is -4.44. The van der Waals surface area contributed by atoms with Crippen LogP contribution in [0, 0.1) is 5.92 Å². The Morgan fingerprint density at radius 1 is 1.21 bits per heavy atom. The average molecular weight is 274 g/mol. The zero-order valence-corrected chi connectivity index (χ0v) is 10.3. The predicted molar refractivity (Wildman–Crippen MR) is 63.3 cm³/mol. The van der Waals surface area contributed by atoms with Crippen molar-refractivity contribution in [1.82, 2.24) is 0 Å². The van der Waals surface area contributed by atoms with E-state index < -0.39 is 30.2 Å². The van der Waals surface area contributed by atoms with Crippen LogP contribution in [0.2, 0.25) is 0 Å². The number of hydrogen-bond acceptors (Lipinski definition) is 4. The minimum Gasteiger partial charge on any atom is -0.508 e. The fourth-order valence-electron chi connectivity index (χ4n) is 2.19. The summed E-state index contributed by atoms with van der Waals surface area (Å²) in [7, 11) is 0. The molecule has 4 atom stereocenters. The third kappa shape index (κ3) is 2.64. The summed E-state index contributed by atoms with van der Waals surface area (Å²) in [6, 6.07) is 5.39. The maximum absolute atomic E-state index is 14.0. The molecule has 2 rings (SSSR count). The molecule has 0 bridgehead atoms. The van der Waals surface area contributed by atoms with Crippen LogP contribution in [0.5, 0.6) is 11.5 Å². The summed E-state index contributed by atoms with van der Waals surface area (Å²) in [6.45, 7) is 1.18. The molecule has 1 saturated carbocycles. The van der Waals surface area contributed by atoms with Gasteiger partial charge in [-0.15, -0.1) is 0 Å². The van der Waals surface area contributed by atoms with Gasteiger partial charge in [0.05, 0.1) is 18.1 Å². The summed E-state index contributed by atoms with van der Waals surface area (Å²) >= 11 is 0. The molecule has 0 heterocycles. The summed E-state index contributed by atoms with van der Waals surface area (Å²) in [5, 5.41) is 28.2. The van der Waals surface area contributed by atoms with E-state index in [1.807, 2.05) is 0 Å². The van der Waals surface area contributed by atoms with E-state index in [-0.39, 0.29) is 17.9 Å². The summed E-state index contributed by atoms with van der Waals surface area (Å²) in [4.78, 5) is 0. The Hall–Kier alpha value is -1.40. The van der Waals surface area contributed by atoms with Gasteiger partial charge in [-0.25, -0.2) is 8.78 Å². The Morgan fingerprint density at radius 2 is 1.79 bits per heavy atom. The number of aromatic hydroxyl groups is 1. The molecule has 0 aromatic heterocycles. The van der Waals surface area contributed by atoms with Crippen LogP contribution in [0.25, 0.3) is 0 Å². The zero-order chi connectivity index (χ0) is 14.2. The molecule has 1 fully saturated rings. The number of alkyl halides is 2. The maximum Gasteiger partial charge on any atom is 0.289 e. The monoisotopic (exact) mass is 274 g/mol. The number of aliphatic hydroxyl groups is 2. The molecule has 1 aliphatic rings. The Bertz CT molecular complexity index is 435. The van der Waals surface area contributed by atoms with E-state index in [9.17, 15) is 19.0 Å². The topological polar surface area (TPSA) is 69.9 Å². The molecule has 0 radical (unpaired) electrons. The van der Waals surface area contributed by atoms with Gasteiger partial charge in [-0.05, 0) is 24.3 Å². The van der Waals surface area contributed by atoms with Gasteiger partial charge in [0.1, 0.15) is 11.5 Å². The molecule has 1 aromatic carbocycles. The lowest BCUT2D eigenvalue weighted by Gasteiger charge is -2.41. The Balaban J connectivity index is 2.16. The Labute approximate surface area is 109 Å². The average Bonchev–Trinajstić information content (AvgIpc) is 2.37. The minimum atomic E-state index is -3.24. The lowest BCUT2D eigenvalue weighted by molar-refractivity contribution is -0.215. The van der Waals surface area contributed by atoms with E-state index in [0.717, 1.165) is 0 Å². The van der Waals surface area contributed by atoms with Gasteiger partial charge in [0.2, 0.25) is 0 Å². The lowest BCUT2D eigenvalue weighted by atomic mass is 9.80. The first-order valence-electron chi connectivity index (χ1n) is 6.02. The van der Waals surface area contributed by atoms with Gasteiger partial charge in [-0.2, -0.15) is 0 Å². The number of rotatable bonds is 2. The normalized spacial score (nSPS) is 33.9. The summed E-state index contributed by atoms with van der Waals surface area (Å²) in [5.41, 5.74) is 0. The number of aliphatic hydroxyl groups excluding tert-OH is 2. The van der Waals surface area contributed by atoms with Crippen molar-refractivity contribution in [3.63, 3.8) is 0 Å². The van der Waals surface area contributed by atoms with Gasteiger partial charge < -0.3 is 20.1 Å². The van der Waals surface area contributed by atoms with Crippen LogP contribution in [0.3, 0.4) is 0 Å². The molecule has 6 heteroatoms. The van der Waals surface area contributed by atoms with Crippen molar-refractivity contribution in [1.29, 1.82) is 0 Å². The third-order valence-electron chi connectivity index (χ3n) is 3.51. The minimum absolute atomic E-state index is 0.00609. The molecular weight excluding hydrogens is 258 g/mol. The van der Waals surface area contributed by atoms with E-state index in [1.165, 1.54) is 31.2 Å². The molecule has 0 spiro atoms. The van der Waals surface area contributed by atoms with Gasteiger partial charge in [-0.1, -0.05) is 6.92 Å². The van der Waals surface area contributed by atoms with Gasteiger partial charge in [-0.3, -0.25) is 0 Å². The number of phenolic OH excluding ortho intramolecular Hbond substituents is 1. The van der Waals surface area contributed by atoms with Gasteiger partial charge in [0.25, 0.3) is 5.92 Å². The maximum atomic E-state index is 14.0. The summed E-state index contributed by atoms with van der Waals surface area (Å²) < 4.78 is 33.2. The van der Waals surface area contributed by atoms with E-state index in [0.29, 0.717) is 0 Å². The van der Waals surface area contributed by atoms with Crippen LogP contribution in [-0.2, 0) is 0 Å². The van der Waals surface area contributed by atoms with Gasteiger partial charge in [0, 0.05) is 6.42 Å². The molecule has 1 aliphatic carbocycles. The van der Waals surface area contributed by atoms with Crippen LogP contribution < -0.4 is 4.74 Å². The van der Waals surface area contributed by atoms with Crippen LogP contribution in [0.1, 0.15) is 13.3 Å². The van der Waals surface area contributed by atoms with Crippen LogP contribution in [-0.4, -0.2) is 39.6 Å². The molecule has 19 heavy (non-hydrogen) atoms. The van der Waals surface area contributed by atoms with Crippen LogP contribution >= 0.6 is 0 Å². The number of phenols is 1. The number of ether oxygens (including phenoxy) is 1. The first-order valence-corrected chi connectivity index (χ1v) is 6.02. The predicted octanol–water partition coefficient (Wildman–Crippen LogP) is 1.54. The second-order valence-electron chi connectivity index (χ2n) is 4.86. The van der Waals surface area contributed by atoms with E-state index >= 15 is 0 Å². The van der Waals surface area contributed by atoms with E-state index in [4.69, 9.17) is 9.84 Å². The smallest absolute Gasteiger partial charge is 0.289 e. The molecule has 3 N–H and O–H groups in total. The summed E-state index contributed by atoms with van der Waals surface area (Å²) in [6.07, 6.45) is -4.56. The van der Waals surface area contributed by atoms with Crippen molar-refractivity contribution < 1.29 is 28.8 Å². The van der Waals surface area contributed by atoms with Crippen molar-refractivity contribution in [3.8, 4) is 11.5 Å². The Kier molecular flexibility index (Phi) is 3.64. The van der Waals surface area contributed by atoms with Gasteiger partial charge >= 0.3 is 0 Å². The van der Waals surface area contributed by atoms with E-state index in [1.54, 1.807) is 0 Å². The lowest BCUT2D eigenvalue weighted by Crippen LogP contribution is -2.57. The van der Waals surface area contributed by atoms with Crippen molar-refractivity contribution in [3.05, 3.63) is 24.3 Å². The first-order chi connectivity index (χ1) is 8.82. The highest BCUT2D eigenvalue weighted by Gasteiger charge is 2.55. The molecule has 0 saturated heterocycles. The standard InChI is InChI=1S/C13H16F2O4/c1-7-12(18)10(17)6-11(13(7,14)15)19-9-4-2-8(16)3-5-9/h2-5,7,10-12,16-18H,6H2,1H3/t7?,10?,11-,12-/m1/s1. The molecule has 0 amide bonds. The quantitative estimate of drug-likeness (QED) is 0.765. The van der Waals surface area contributed by atoms with Crippen molar-refractivity contribution >= 4 is 0 Å². The van der Waals surface area contributed by atoms with Crippen molar-refractivity contribution in [2.24, 2.45) is 5.92 Å². The van der Waals surface area contributed by atoms with E-state index in [2.05, 4.69) is 0 Å². The van der Waals surface area contributed by atoms with Crippen LogP contribution in [0.4, 0.5) is 8.78 Å². The van der Waals surface area contributed by atoms with Crippen molar-refractivity contribution in [2.75, 3.05) is 0 Å². The second kappa shape index (κ2) is 4.94.